The molecule has 0 bridgehead atoms. The summed E-state index contributed by atoms with van der Waals surface area (Å²) in [7, 11) is 0. The number of halogens is 2. The Morgan fingerprint density at radius 1 is 1.30 bits per heavy atom. The van der Waals surface area contributed by atoms with Gasteiger partial charge in [-0.2, -0.15) is 0 Å². The first-order chi connectivity index (χ1) is 15.7. The van der Waals surface area contributed by atoms with Gasteiger partial charge in [0, 0.05) is 31.6 Å². The van der Waals surface area contributed by atoms with Gasteiger partial charge in [-0.1, -0.05) is 12.1 Å². The highest BCUT2D eigenvalue weighted by molar-refractivity contribution is 5.94. The Hall–Kier alpha value is -3.33. The summed E-state index contributed by atoms with van der Waals surface area (Å²) in [6, 6.07) is 7.34. The molecular formula is C24H25F2N5O2. The average Bonchev–Trinajstić information content (AvgIpc) is 3.34. The third-order valence-electron chi connectivity index (χ3n) is 6.96. The van der Waals surface area contributed by atoms with Gasteiger partial charge in [-0.05, 0) is 49.6 Å². The van der Waals surface area contributed by atoms with Crippen molar-refractivity contribution < 1.29 is 18.4 Å². The molecule has 2 amide bonds. The molecule has 7 nitrogen and oxygen atoms in total. The molecule has 33 heavy (non-hydrogen) atoms. The number of aryl methyl sites for hydroxylation is 1. The maximum Gasteiger partial charge on any atom is 0.245 e. The Kier molecular flexibility index (Phi) is 4.97. The smallest absolute Gasteiger partial charge is 0.245 e. The minimum atomic E-state index is -1.40. The van der Waals surface area contributed by atoms with Crippen molar-refractivity contribution in [2.24, 2.45) is 11.1 Å². The van der Waals surface area contributed by atoms with Crippen LogP contribution in [0.15, 0.2) is 30.3 Å². The number of carbonyl (C=O) groups excluding carboxylic acids is 2. The monoisotopic (exact) mass is 453 g/mol. The van der Waals surface area contributed by atoms with E-state index < -0.39 is 28.9 Å². The first-order valence-electron chi connectivity index (χ1n) is 11.0. The quantitative estimate of drug-likeness (QED) is 0.635. The molecule has 2 aliphatic rings. The number of primary amides is 1. The van der Waals surface area contributed by atoms with E-state index in [4.69, 9.17) is 5.73 Å². The number of H-pyrrole nitrogens is 1. The molecule has 1 aromatic heterocycles. The summed E-state index contributed by atoms with van der Waals surface area (Å²) < 4.78 is 28.8. The number of carbonyl (C=O) groups is 2. The lowest BCUT2D eigenvalue weighted by Crippen LogP contribution is -2.50. The summed E-state index contributed by atoms with van der Waals surface area (Å²) in [6.07, 6.45) is 0.780. The van der Waals surface area contributed by atoms with Crippen molar-refractivity contribution in [3.63, 3.8) is 0 Å². The van der Waals surface area contributed by atoms with Crippen molar-refractivity contribution >= 4 is 22.8 Å². The molecule has 0 radical (unpaired) electrons. The fraction of sp³-hybridized carbons (Fsp3) is 0.375. The topological polar surface area (TPSA) is 95.3 Å². The molecule has 2 aliphatic heterocycles. The molecule has 2 aromatic carbocycles. The number of imidazole rings is 1. The van der Waals surface area contributed by atoms with Crippen molar-refractivity contribution in [3.05, 3.63) is 64.5 Å². The summed E-state index contributed by atoms with van der Waals surface area (Å²) in [6.45, 7) is 4.76. The summed E-state index contributed by atoms with van der Waals surface area (Å²) in [5.74, 6) is -2.36. The number of rotatable bonds is 4. The van der Waals surface area contributed by atoms with Crippen LogP contribution in [0.5, 0.6) is 0 Å². The Morgan fingerprint density at radius 3 is 2.85 bits per heavy atom. The Balaban J connectivity index is 1.65. The number of aromatic nitrogens is 2. The lowest BCUT2D eigenvalue weighted by Gasteiger charge is -2.36. The van der Waals surface area contributed by atoms with E-state index >= 15 is 0 Å². The van der Waals surface area contributed by atoms with E-state index in [1.165, 1.54) is 18.2 Å². The Bertz CT molecular complexity index is 1290. The zero-order valence-corrected chi connectivity index (χ0v) is 18.5. The predicted octanol–water partition coefficient (Wildman–Crippen LogP) is 2.93. The van der Waals surface area contributed by atoms with E-state index in [-0.39, 0.29) is 18.9 Å². The third kappa shape index (κ3) is 3.38. The van der Waals surface area contributed by atoms with Crippen molar-refractivity contribution in [3.8, 4) is 0 Å². The zero-order chi connectivity index (χ0) is 23.5. The number of hydrogen-bond donors (Lipinski definition) is 2. The maximum atomic E-state index is 14.9. The minimum absolute atomic E-state index is 0.0122. The second-order valence-corrected chi connectivity index (χ2v) is 9.20. The van der Waals surface area contributed by atoms with Crippen LogP contribution in [0.25, 0.3) is 11.0 Å². The zero-order valence-electron chi connectivity index (χ0n) is 18.5. The van der Waals surface area contributed by atoms with E-state index in [2.05, 4.69) is 9.97 Å². The fourth-order valence-electron chi connectivity index (χ4n) is 5.23. The van der Waals surface area contributed by atoms with Gasteiger partial charge in [0.2, 0.25) is 11.8 Å². The van der Waals surface area contributed by atoms with Gasteiger partial charge in [0.05, 0.1) is 22.4 Å². The second kappa shape index (κ2) is 7.62. The molecule has 3 N–H and O–H groups in total. The summed E-state index contributed by atoms with van der Waals surface area (Å²) in [5.41, 5.74) is 7.12. The van der Waals surface area contributed by atoms with Crippen LogP contribution in [-0.2, 0) is 22.6 Å². The van der Waals surface area contributed by atoms with Gasteiger partial charge >= 0.3 is 0 Å². The molecule has 5 rings (SSSR count). The molecule has 1 fully saturated rings. The molecule has 172 valence electrons. The van der Waals surface area contributed by atoms with E-state index in [1.807, 2.05) is 5.01 Å². The molecular weight excluding hydrogens is 428 g/mol. The number of hydrazine groups is 1. The summed E-state index contributed by atoms with van der Waals surface area (Å²) >= 11 is 0. The molecule has 1 saturated heterocycles. The van der Waals surface area contributed by atoms with Crippen LogP contribution in [0, 0.1) is 24.0 Å². The highest BCUT2D eigenvalue weighted by Gasteiger charge is 2.51. The molecule has 0 spiro atoms. The summed E-state index contributed by atoms with van der Waals surface area (Å²) in [4.78, 5) is 34.4. The molecule has 1 unspecified atom stereocenters. The van der Waals surface area contributed by atoms with Gasteiger partial charge in [0.15, 0.2) is 0 Å². The van der Waals surface area contributed by atoms with E-state index in [0.717, 1.165) is 6.42 Å². The van der Waals surface area contributed by atoms with E-state index in [1.54, 1.807) is 31.0 Å². The Labute approximate surface area is 189 Å². The minimum Gasteiger partial charge on any atom is -0.369 e. The lowest BCUT2D eigenvalue weighted by atomic mass is 9.69. The number of nitrogens with two attached hydrogens (primary N) is 1. The van der Waals surface area contributed by atoms with E-state index in [9.17, 15) is 18.4 Å². The van der Waals surface area contributed by atoms with Crippen LogP contribution in [0.1, 0.15) is 41.8 Å². The van der Waals surface area contributed by atoms with Gasteiger partial charge in [-0.15, -0.1) is 0 Å². The highest BCUT2D eigenvalue weighted by atomic mass is 19.1. The number of nitrogens with one attached hydrogen (secondary N) is 1. The number of aromatic amines is 1. The van der Waals surface area contributed by atoms with Crippen molar-refractivity contribution in [1.82, 2.24) is 20.0 Å². The molecule has 9 heteroatoms. The summed E-state index contributed by atoms with van der Waals surface area (Å²) in [5, 5.41) is 3.45. The normalized spacial score (nSPS) is 20.4. The highest BCUT2D eigenvalue weighted by Crippen LogP contribution is 2.44. The second-order valence-electron chi connectivity index (χ2n) is 9.20. The molecule has 3 heterocycles. The van der Waals surface area contributed by atoms with Crippen LogP contribution in [-0.4, -0.2) is 44.9 Å². The SMILES string of the molecule is Cc1cc(F)cc2[nH]c(CC(C)(C(N)=O)[C@H]3C(=O)N4CCCN4Cc4c(F)cccc43)nc12. The van der Waals surface area contributed by atoms with Crippen LogP contribution < -0.4 is 5.73 Å². The van der Waals surface area contributed by atoms with Gasteiger partial charge < -0.3 is 10.7 Å². The predicted molar refractivity (Wildman–Crippen MR) is 118 cm³/mol. The van der Waals surface area contributed by atoms with Gasteiger partial charge in [-0.25, -0.2) is 18.8 Å². The van der Waals surface area contributed by atoms with Crippen molar-refractivity contribution in [2.45, 2.75) is 39.2 Å². The third-order valence-corrected chi connectivity index (χ3v) is 6.96. The van der Waals surface area contributed by atoms with E-state index in [0.29, 0.717) is 46.6 Å². The van der Waals surface area contributed by atoms with Crippen molar-refractivity contribution in [2.75, 3.05) is 13.1 Å². The van der Waals surface area contributed by atoms with Crippen LogP contribution in [0.4, 0.5) is 8.78 Å². The van der Waals surface area contributed by atoms with Crippen LogP contribution >= 0.6 is 0 Å². The molecule has 3 aromatic rings. The average molecular weight is 453 g/mol. The maximum absolute atomic E-state index is 14.9. The standard InChI is InChI=1S/C24H25F2N5O2/c1-13-9-14(25)10-18-21(13)29-19(28-18)11-24(2,23(27)33)20-15-5-3-6-17(26)16(15)12-30-7-4-8-31(30)22(20)32/h3,5-6,9-10,20H,4,7-8,11-12H2,1-2H3,(H2,27,33)(H,28,29)/t20-,24?/m1/s1. The number of hydrogen-bond acceptors (Lipinski definition) is 4. The van der Waals surface area contributed by atoms with Gasteiger partial charge in [0.1, 0.15) is 17.5 Å². The number of fused-ring (bicyclic) bond motifs is 3. The Morgan fingerprint density at radius 2 is 2.09 bits per heavy atom. The van der Waals surface area contributed by atoms with Gasteiger partial charge in [-0.3, -0.25) is 14.6 Å². The molecule has 2 atom stereocenters. The number of nitrogens with zero attached hydrogens (tertiary/aromatic N) is 3. The van der Waals surface area contributed by atoms with Crippen LogP contribution in [0.2, 0.25) is 0 Å². The molecule has 0 saturated carbocycles. The lowest BCUT2D eigenvalue weighted by molar-refractivity contribution is -0.151. The fourth-order valence-corrected chi connectivity index (χ4v) is 5.23. The number of benzene rings is 2. The first-order valence-corrected chi connectivity index (χ1v) is 11.0. The van der Waals surface area contributed by atoms with Crippen LogP contribution in [0.3, 0.4) is 0 Å². The first kappa shape index (κ1) is 21.5. The molecule has 0 aliphatic carbocycles. The van der Waals surface area contributed by atoms with Crippen molar-refractivity contribution in [1.29, 1.82) is 0 Å². The van der Waals surface area contributed by atoms with Gasteiger partial charge in [0.25, 0.3) is 0 Å². The number of amides is 2. The largest absolute Gasteiger partial charge is 0.369 e.